The number of ether oxygens (including phenoxy) is 1. The lowest BCUT2D eigenvalue weighted by Gasteiger charge is -2.09. The van der Waals surface area contributed by atoms with Crippen molar-refractivity contribution in [2.45, 2.75) is 25.4 Å². The number of carbonyl (C=O) groups excluding carboxylic acids is 1. The third kappa shape index (κ3) is 2.63. The Morgan fingerprint density at radius 2 is 2.40 bits per heavy atom. The number of benzene rings is 1. The Bertz CT molecular complexity index is 615. The molecule has 0 aliphatic carbocycles. The highest BCUT2D eigenvalue weighted by atomic mass is 16.5. The third-order valence-electron chi connectivity index (χ3n) is 3.67. The van der Waals surface area contributed by atoms with Crippen molar-refractivity contribution in [3.63, 3.8) is 0 Å². The van der Waals surface area contributed by atoms with E-state index in [-0.39, 0.29) is 17.8 Å². The van der Waals surface area contributed by atoms with Crippen molar-refractivity contribution in [2.75, 3.05) is 13.2 Å². The number of carbonyl (C=O) groups is 1. The summed E-state index contributed by atoms with van der Waals surface area (Å²) in [5.74, 6) is 0.234. The number of fused-ring (bicyclic) bond motifs is 1. The van der Waals surface area contributed by atoms with E-state index in [2.05, 4.69) is 10.3 Å². The summed E-state index contributed by atoms with van der Waals surface area (Å²) in [5.41, 5.74) is 2.04. The molecule has 0 radical (unpaired) electrons. The first kappa shape index (κ1) is 13.0. The molecule has 0 bridgehead atoms. The maximum Gasteiger partial charge on any atom is 0.249 e. The van der Waals surface area contributed by atoms with E-state index in [0.29, 0.717) is 13.2 Å². The van der Waals surface area contributed by atoms with Crippen molar-refractivity contribution >= 4 is 16.8 Å². The molecule has 1 saturated heterocycles. The van der Waals surface area contributed by atoms with Gasteiger partial charge in [0.25, 0.3) is 0 Å². The fourth-order valence-electron chi connectivity index (χ4n) is 2.60. The number of aromatic hydroxyl groups is 1. The smallest absolute Gasteiger partial charge is 0.249 e. The minimum Gasteiger partial charge on any atom is -0.508 e. The Labute approximate surface area is 116 Å². The number of H-pyrrole nitrogens is 1. The lowest BCUT2D eigenvalue weighted by atomic mass is 10.1. The van der Waals surface area contributed by atoms with Gasteiger partial charge in [-0.15, -0.1) is 0 Å². The molecule has 106 valence electrons. The van der Waals surface area contributed by atoms with Crippen LogP contribution >= 0.6 is 0 Å². The predicted octanol–water partition coefficient (Wildman–Crippen LogP) is 1.71. The van der Waals surface area contributed by atoms with Crippen molar-refractivity contribution in [3.8, 4) is 5.75 Å². The van der Waals surface area contributed by atoms with E-state index >= 15 is 0 Å². The molecule has 3 N–H and O–H groups in total. The van der Waals surface area contributed by atoms with Crippen LogP contribution in [-0.4, -0.2) is 35.3 Å². The molecule has 1 atom stereocenters. The Morgan fingerprint density at radius 1 is 1.50 bits per heavy atom. The highest BCUT2D eigenvalue weighted by Crippen LogP contribution is 2.22. The third-order valence-corrected chi connectivity index (χ3v) is 3.67. The minimum atomic E-state index is -0.269. The largest absolute Gasteiger partial charge is 0.508 e. The van der Waals surface area contributed by atoms with Crippen molar-refractivity contribution in [1.29, 1.82) is 0 Å². The fraction of sp³-hybridized carbons (Fsp3) is 0.400. The maximum absolute atomic E-state index is 11.8. The monoisotopic (exact) mass is 274 g/mol. The zero-order chi connectivity index (χ0) is 13.9. The van der Waals surface area contributed by atoms with Crippen LogP contribution in [0.15, 0.2) is 24.4 Å². The van der Waals surface area contributed by atoms with Crippen LogP contribution in [-0.2, 0) is 16.0 Å². The van der Waals surface area contributed by atoms with Gasteiger partial charge in [0.2, 0.25) is 5.91 Å². The summed E-state index contributed by atoms with van der Waals surface area (Å²) < 4.78 is 5.34. The van der Waals surface area contributed by atoms with Gasteiger partial charge >= 0.3 is 0 Å². The molecule has 3 rings (SSSR count). The van der Waals surface area contributed by atoms with Crippen LogP contribution in [0.1, 0.15) is 18.4 Å². The van der Waals surface area contributed by atoms with Gasteiger partial charge < -0.3 is 20.1 Å². The number of amides is 1. The average Bonchev–Trinajstić information content (AvgIpc) is 3.08. The van der Waals surface area contributed by atoms with Gasteiger partial charge in [-0.3, -0.25) is 4.79 Å². The molecule has 1 aliphatic rings. The summed E-state index contributed by atoms with van der Waals surface area (Å²) in [6.45, 7) is 1.27. The summed E-state index contributed by atoms with van der Waals surface area (Å²) in [4.78, 5) is 14.9. The van der Waals surface area contributed by atoms with Gasteiger partial charge in [0.05, 0.1) is 0 Å². The first-order valence-electron chi connectivity index (χ1n) is 6.92. The summed E-state index contributed by atoms with van der Waals surface area (Å²) in [6.07, 6.45) is 4.18. The van der Waals surface area contributed by atoms with Crippen LogP contribution in [0.5, 0.6) is 5.75 Å². The Morgan fingerprint density at radius 3 is 3.20 bits per heavy atom. The predicted molar refractivity (Wildman–Crippen MR) is 75.7 cm³/mol. The molecule has 5 heteroatoms. The number of phenolic OH excluding ortho intramolecular Hbond substituents is 1. The standard InChI is InChI=1S/C15H18N2O3/c18-11-3-4-12-10(9-17-13(12)8-11)5-6-16-15(19)14-2-1-7-20-14/h3-4,8-9,14,17-18H,1-2,5-7H2,(H,16,19). The highest BCUT2D eigenvalue weighted by molar-refractivity contribution is 5.84. The maximum atomic E-state index is 11.8. The second-order valence-corrected chi connectivity index (χ2v) is 5.09. The number of aromatic amines is 1. The topological polar surface area (TPSA) is 74.4 Å². The van der Waals surface area contributed by atoms with E-state index in [1.807, 2.05) is 12.3 Å². The molecule has 1 unspecified atom stereocenters. The van der Waals surface area contributed by atoms with Crippen molar-refractivity contribution in [1.82, 2.24) is 10.3 Å². The van der Waals surface area contributed by atoms with Crippen LogP contribution < -0.4 is 5.32 Å². The van der Waals surface area contributed by atoms with Crippen LogP contribution in [0.2, 0.25) is 0 Å². The van der Waals surface area contributed by atoms with Gasteiger partial charge in [-0.05, 0) is 37.0 Å². The molecule has 0 spiro atoms. The first-order chi connectivity index (χ1) is 9.74. The van der Waals surface area contributed by atoms with Crippen molar-refractivity contribution in [3.05, 3.63) is 30.0 Å². The zero-order valence-electron chi connectivity index (χ0n) is 11.2. The van der Waals surface area contributed by atoms with Crippen LogP contribution in [0.4, 0.5) is 0 Å². The second-order valence-electron chi connectivity index (χ2n) is 5.09. The number of hydrogen-bond donors (Lipinski definition) is 3. The van der Waals surface area contributed by atoms with Gasteiger partial charge in [-0.2, -0.15) is 0 Å². The van der Waals surface area contributed by atoms with Crippen molar-refractivity contribution < 1.29 is 14.6 Å². The lowest BCUT2D eigenvalue weighted by Crippen LogP contribution is -2.35. The molecule has 5 nitrogen and oxygen atoms in total. The number of aromatic nitrogens is 1. The lowest BCUT2D eigenvalue weighted by molar-refractivity contribution is -0.129. The molecule has 1 amide bonds. The summed E-state index contributed by atoms with van der Waals surface area (Å²) >= 11 is 0. The molecule has 2 heterocycles. The molecule has 20 heavy (non-hydrogen) atoms. The molecule has 2 aromatic rings. The average molecular weight is 274 g/mol. The van der Waals surface area contributed by atoms with Crippen molar-refractivity contribution in [2.24, 2.45) is 0 Å². The molecular formula is C15H18N2O3. The summed E-state index contributed by atoms with van der Waals surface area (Å²) in [5, 5.41) is 13.4. The SMILES string of the molecule is O=C(NCCc1c[nH]c2cc(O)ccc12)C1CCCO1. The van der Waals surface area contributed by atoms with Gasteiger partial charge in [-0.25, -0.2) is 0 Å². The van der Waals surface area contributed by atoms with Crippen LogP contribution in [0.3, 0.4) is 0 Å². The number of rotatable bonds is 4. The summed E-state index contributed by atoms with van der Waals surface area (Å²) in [6, 6.07) is 5.26. The first-order valence-corrected chi connectivity index (χ1v) is 6.92. The van der Waals surface area contributed by atoms with Gasteiger partial charge in [0, 0.05) is 36.3 Å². The molecule has 1 aromatic carbocycles. The fourth-order valence-corrected chi connectivity index (χ4v) is 2.60. The van der Waals surface area contributed by atoms with E-state index in [0.717, 1.165) is 35.7 Å². The van der Waals surface area contributed by atoms with E-state index in [9.17, 15) is 9.90 Å². The number of hydrogen-bond acceptors (Lipinski definition) is 3. The van der Waals surface area contributed by atoms with Crippen LogP contribution in [0, 0.1) is 0 Å². The van der Waals surface area contributed by atoms with Gasteiger partial charge in [0.1, 0.15) is 11.9 Å². The molecule has 1 fully saturated rings. The number of nitrogens with one attached hydrogen (secondary N) is 2. The Hall–Kier alpha value is -2.01. The second kappa shape index (κ2) is 5.54. The Kier molecular flexibility index (Phi) is 3.60. The molecule has 1 aromatic heterocycles. The quantitative estimate of drug-likeness (QED) is 0.794. The van der Waals surface area contributed by atoms with Gasteiger partial charge in [0.15, 0.2) is 0 Å². The number of phenols is 1. The van der Waals surface area contributed by atoms with E-state index in [1.54, 1.807) is 12.1 Å². The molecular weight excluding hydrogens is 256 g/mol. The minimum absolute atomic E-state index is 0.0139. The summed E-state index contributed by atoms with van der Waals surface area (Å²) in [7, 11) is 0. The normalized spacial score (nSPS) is 18.5. The molecule has 1 aliphatic heterocycles. The van der Waals surface area contributed by atoms with E-state index in [1.165, 1.54) is 0 Å². The zero-order valence-corrected chi connectivity index (χ0v) is 11.2. The van der Waals surface area contributed by atoms with E-state index in [4.69, 9.17) is 4.74 Å². The van der Waals surface area contributed by atoms with Gasteiger partial charge in [-0.1, -0.05) is 0 Å². The highest BCUT2D eigenvalue weighted by Gasteiger charge is 2.22. The van der Waals surface area contributed by atoms with E-state index < -0.39 is 0 Å². The molecule has 0 saturated carbocycles. The Balaban J connectivity index is 1.58. The van der Waals surface area contributed by atoms with Crippen LogP contribution in [0.25, 0.3) is 10.9 Å².